The number of piperidine rings is 1. The minimum absolute atomic E-state index is 0.413. The van der Waals surface area contributed by atoms with E-state index in [2.05, 4.69) is 58.5 Å². The number of rotatable bonds is 5. The van der Waals surface area contributed by atoms with E-state index in [0.29, 0.717) is 19.0 Å². The summed E-state index contributed by atoms with van der Waals surface area (Å²) in [6.07, 6.45) is 5.99. The first kappa shape index (κ1) is 18.9. The highest BCUT2D eigenvalue weighted by Crippen LogP contribution is 2.28. The lowest BCUT2D eigenvalue weighted by molar-refractivity contribution is -0.0111. The number of fused-ring (bicyclic) bond motifs is 1. The summed E-state index contributed by atoms with van der Waals surface area (Å²) in [5, 5.41) is 6.75. The summed E-state index contributed by atoms with van der Waals surface area (Å²) in [6, 6.07) is 19.0. The molecule has 0 bridgehead atoms. The Labute approximate surface area is 175 Å². The first-order valence-electron chi connectivity index (χ1n) is 10.5. The normalized spacial score (nSPS) is 15.6. The van der Waals surface area contributed by atoms with Crippen LogP contribution in [0.5, 0.6) is 0 Å². The number of nitrogens with zero attached hydrogens (tertiary/aromatic N) is 5. The molecular formula is C24H24FN5. The molecule has 0 unspecified atom stereocenters. The zero-order valence-corrected chi connectivity index (χ0v) is 16.8. The molecule has 4 aromatic rings. The van der Waals surface area contributed by atoms with E-state index in [1.54, 1.807) is 6.33 Å². The minimum atomic E-state index is 0.413. The molecule has 2 aromatic carbocycles. The predicted octanol–water partition coefficient (Wildman–Crippen LogP) is 4.68. The van der Waals surface area contributed by atoms with Crippen LogP contribution in [-0.2, 0) is 13.0 Å². The summed E-state index contributed by atoms with van der Waals surface area (Å²) >= 11 is 0. The lowest BCUT2D eigenvalue weighted by Crippen LogP contribution is -2.29. The quantitative estimate of drug-likeness (QED) is 0.456. The van der Waals surface area contributed by atoms with Gasteiger partial charge in [0.1, 0.15) is 12.0 Å². The fourth-order valence-electron chi connectivity index (χ4n) is 4.20. The summed E-state index contributed by atoms with van der Waals surface area (Å²) in [5.74, 6) is 0.413. The van der Waals surface area contributed by atoms with Gasteiger partial charge in [-0.05, 0) is 36.3 Å². The SMILES string of the molecule is FN1CCC(Cn2nc(-c3ccc(Cc4ccccc4)cc3)c3cncnc32)CC1. The van der Waals surface area contributed by atoms with Gasteiger partial charge in [0.25, 0.3) is 0 Å². The van der Waals surface area contributed by atoms with E-state index >= 15 is 0 Å². The van der Waals surface area contributed by atoms with Gasteiger partial charge in [-0.25, -0.2) is 14.6 Å². The third kappa shape index (κ3) is 3.96. The second kappa shape index (κ2) is 8.32. The first-order valence-corrected chi connectivity index (χ1v) is 10.5. The zero-order chi connectivity index (χ0) is 20.3. The summed E-state index contributed by atoms with van der Waals surface area (Å²) in [4.78, 5) is 8.71. The Morgan fingerprint density at radius 2 is 1.67 bits per heavy atom. The topological polar surface area (TPSA) is 46.8 Å². The third-order valence-corrected chi connectivity index (χ3v) is 5.88. The highest BCUT2D eigenvalue weighted by atomic mass is 19.2. The molecule has 3 heterocycles. The van der Waals surface area contributed by atoms with Crippen LogP contribution in [0.1, 0.15) is 24.0 Å². The summed E-state index contributed by atoms with van der Waals surface area (Å²) in [5.41, 5.74) is 5.37. The molecule has 1 aliphatic rings. The molecule has 1 fully saturated rings. The number of benzene rings is 2. The average Bonchev–Trinajstić information content (AvgIpc) is 3.15. The molecule has 6 heteroatoms. The Morgan fingerprint density at radius 3 is 2.43 bits per heavy atom. The van der Waals surface area contributed by atoms with Crippen LogP contribution >= 0.6 is 0 Å². The standard InChI is InChI=1S/C24H24FN5/c25-29-12-10-20(11-13-29)16-30-24-22(15-26-17-27-24)23(28-30)21-8-6-19(7-9-21)14-18-4-2-1-3-5-18/h1-9,15,17,20H,10-14,16H2. The molecule has 2 aromatic heterocycles. The predicted molar refractivity (Wildman–Crippen MR) is 115 cm³/mol. The van der Waals surface area contributed by atoms with E-state index in [9.17, 15) is 4.48 Å². The van der Waals surface area contributed by atoms with Crippen molar-refractivity contribution < 1.29 is 4.48 Å². The van der Waals surface area contributed by atoms with Gasteiger partial charge in [0.2, 0.25) is 0 Å². The van der Waals surface area contributed by atoms with Gasteiger partial charge >= 0.3 is 0 Å². The fourth-order valence-corrected chi connectivity index (χ4v) is 4.20. The first-order chi connectivity index (χ1) is 14.8. The summed E-state index contributed by atoms with van der Waals surface area (Å²) in [6.45, 7) is 1.75. The molecule has 5 rings (SSSR count). The van der Waals surface area contributed by atoms with Gasteiger partial charge in [0, 0.05) is 31.4 Å². The second-order valence-electron chi connectivity index (χ2n) is 8.00. The molecule has 0 amide bonds. The van der Waals surface area contributed by atoms with E-state index in [4.69, 9.17) is 5.10 Å². The van der Waals surface area contributed by atoms with E-state index in [1.807, 2.05) is 16.9 Å². The van der Waals surface area contributed by atoms with Gasteiger partial charge in [-0.3, -0.25) is 0 Å². The lowest BCUT2D eigenvalue weighted by atomic mass is 9.98. The van der Waals surface area contributed by atoms with Gasteiger partial charge in [-0.2, -0.15) is 5.10 Å². The van der Waals surface area contributed by atoms with Crippen LogP contribution in [0.15, 0.2) is 67.1 Å². The lowest BCUT2D eigenvalue weighted by Gasteiger charge is -2.25. The van der Waals surface area contributed by atoms with Crippen molar-refractivity contribution in [2.75, 3.05) is 13.1 Å². The van der Waals surface area contributed by atoms with Gasteiger partial charge < -0.3 is 0 Å². The fraction of sp³-hybridized carbons (Fsp3) is 0.292. The molecule has 1 saturated heterocycles. The molecule has 0 spiro atoms. The molecule has 0 atom stereocenters. The maximum absolute atomic E-state index is 13.3. The number of hydrogen-bond donors (Lipinski definition) is 0. The van der Waals surface area contributed by atoms with Crippen LogP contribution in [0.4, 0.5) is 4.48 Å². The van der Waals surface area contributed by atoms with Gasteiger partial charge in [-0.1, -0.05) is 54.6 Å². The Bertz CT molecular complexity index is 1120. The minimum Gasteiger partial charge on any atom is -0.246 e. The number of hydrogen-bond acceptors (Lipinski definition) is 4. The van der Waals surface area contributed by atoms with Crippen LogP contribution < -0.4 is 0 Å². The van der Waals surface area contributed by atoms with E-state index < -0.39 is 0 Å². The van der Waals surface area contributed by atoms with Crippen LogP contribution in [-0.4, -0.2) is 38.0 Å². The van der Waals surface area contributed by atoms with Crippen molar-refractivity contribution in [1.82, 2.24) is 24.9 Å². The van der Waals surface area contributed by atoms with Crippen LogP contribution in [0.25, 0.3) is 22.3 Å². The van der Waals surface area contributed by atoms with Crippen molar-refractivity contribution in [3.63, 3.8) is 0 Å². The van der Waals surface area contributed by atoms with Gasteiger partial charge in [-0.15, -0.1) is 9.60 Å². The van der Waals surface area contributed by atoms with Gasteiger partial charge in [0.05, 0.1) is 5.39 Å². The maximum Gasteiger partial charge on any atom is 0.161 e. The number of halogens is 1. The Morgan fingerprint density at radius 1 is 0.933 bits per heavy atom. The Hall–Kier alpha value is -3.12. The van der Waals surface area contributed by atoms with Crippen molar-refractivity contribution in [3.05, 3.63) is 78.2 Å². The Balaban J connectivity index is 1.41. The highest BCUT2D eigenvalue weighted by Gasteiger charge is 2.22. The van der Waals surface area contributed by atoms with E-state index in [1.165, 1.54) is 11.1 Å². The van der Waals surface area contributed by atoms with Crippen molar-refractivity contribution >= 4 is 11.0 Å². The molecule has 152 valence electrons. The Kier molecular flexibility index (Phi) is 5.24. The average molecular weight is 401 g/mol. The molecule has 0 N–H and O–H groups in total. The van der Waals surface area contributed by atoms with Crippen LogP contribution in [0, 0.1) is 5.92 Å². The number of aromatic nitrogens is 4. The molecular weight excluding hydrogens is 377 g/mol. The smallest absolute Gasteiger partial charge is 0.161 e. The van der Waals surface area contributed by atoms with Crippen molar-refractivity contribution in [2.24, 2.45) is 5.92 Å². The molecule has 30 heavy (non-hydrogen) atoms. The molecule has 1 aliphatic heterocycles. The molecule has 5 nitrogen and oxygen atoms in total. The second-order valence-corrected chi connectivity index (χ2v) is 8.00. The van der Waals surface area contributed by atoms with E-state index in [-0.39, 0.29) is 0 Å². The van der Waals surface area contributed by atoms with Crippen molar-refractivity contribution in [1.29, 1.82) is 0 Å². The molecule has 0 saturated carbocycles. The van der Waals surface area contributed by atoms with Crippen LogP contribution in [0.2, 0.25) is 0 Å². The van der Waals surface area contributed by atoms with Crippen LogP contribution in [0.3, 0.4) is 0 Å². The zero-order valence-electron chi connectivity index (χ0n) is 16.8. The summed E-state index contributed by atoms with van der Waals surface area (Å²) < 4.78 is 15.3. The van der Waals surface area contributed by atoms with Crippen molar-refractivity contribution in [3.8, 4) is 11.3 Å². The molecule has 0 aliphatic carbocycles. The van der Waals surface area contributed by atoms with Gasteiger partial charge in [0.15, 0.2) is 5.65 Å². The highest BCUT2D eigenvalue weighted by molar-refractivity contribution is 5.90. The maximum atomic E-state index is 13.3. The molecule has 0 radical (unpaired) electrons. The van der Waals surface area contributed by atoms with E-state index in [0.717, 1.165) is 53.2 Å². The van der Waals surface area contributed by atoms with Crippen molar-refractivity contribution in [2.45, 2.75) is 25.8 Å². The monoisotopic (exact) mass is 401 g/mol. The largest absolute Gasteiger partial charge is 0.246 e. The third-order valence-electron chi connectivity index (χ3n) is 5.88. The summed E-state index contributed by atoms with van der Waals surface area (Å²) in [7, 11) is 0.